The van der Waals surface area contributed by atoms with Gasteiger partial charge in [0.25, 0.3) is 5.91 Å². The Balaban J connectivity index is 1.87. The van der Waals surface area contributed by atoms with Crippen LogP contribution in [0, 0.1) is 6.92 Å². The predicted molar refractivity (Wildman–Crippen MR) is 105 cm³/mol. The zero-order valence-electron chi connectivity index (χ0n) is 15.2. The van der Waals surface area contributed by atoms with Crippen molar-refractivity contribution in [3.63, 3.8) is 0 Å². The first-order valence-corrected chi connectivity index (χ1v) is 9.20. The molecule has 0 fully saturated rings. The number of benzene rings is 2. The van der Waals surface area contributed by atoms with E-state index in [1.165, 1.54) is 0 Å². The van der Waals surface area contributed by atoms with Crippen molar-refractivity contribution in [3.8, 4) is 5.69 Å². The summed E-state index contributed by atoms with van der Waals surface area (Å²) in [6.07, 6.45) is 0. The number of hydrogen-bond acceptors (Lipinski definition) is 3. The van der Waals surface area contributed by atoms with E-state index < -0.39 is 0 Å². The Bertz CT molecular complexity index is 967. The minimum atomic E-state index is -0.197. The summed E-state index contributed by atoms with van der Waals surface area (Å²) in [7, 11) is 1.64. The maximum Gasteiger partial charge on any atom is 0.273 e. The lowest BCUT2D eigenvalue weighted by atomic mass is 9.99. The fourth-order valence-corrected chi connectivity index (χ4v) is 3.78. The number of nitrogens with zero attached hydrogens (tertiary/aromatic N) is 3. The average Bonchev–Trinajstić information content (AvgIpc) is 3.17. The Morgan fingerprint density at radius 3 is 2.48 bits per heavy atom. The Labute approximate surface area is 163 Å². The van der Waals surface area contributed by atoms with E-state index in [9.17, 15) is 4.79 Å². The molecule has 6 heteroatoms. The van der Waals surface area contributed by atoms with Crippen LogP contribution in [-0.4, -0.2) is 40.8 Å². The van der Waals surface area contributed by atoms with Gasteiger partial charge in [0.1, 0.15) is 5.69 Å². The van der Waals surface area contributed by atoms with E-state index in [-0.39, 0.29) is 11.9 Å². The fourth-order valence-electron chi connectivity index (χ4n) is 3.65. The van der Waals surface area contributed by atoms with Crippen LogP contribution in [0.5, 0.6) is 0 Å². The number of fused-ring (bicyclic) bond motifs is 1. The molecule has 4 rings (SSSR count). The number of carbonyl (C=O) groups excluding carboxylic acids is 1. The first-order chi connectivity index (χ1) is 13.1. The second-order valence-electron chi connectivity index (χ2n) is 6.54. The number of amides is 1. The van der Waals surface area contributed by atoms with E-state index in [0.717, 1.165) is 22.5 Å². The maximum absolute atomic E-state index is 13.3. The van der Waals surface area contributed by atoms with Crippen molar-refractivity contribution in [2.45, 2.75) is 13.0 Å². The van der Waals surface area contributed by atoms with Crippen molar-refractivity contribution in [2.75, 3.05) is 20.3 Å². The zero-order chi connectivity index (χ0) is 19.0. The summed E-state index contributed by atoms with van der Waals surface area (Å²) in [6, 6.07) is 17.2. The molecule has 0 spiro atoms. The topological polar surface area (TPSA) is 47.4 Å². The van der Waals surface area contributed by atoms with Crippen LogP contribution < -0.4 is 0 Å². The monoisotopic (exact) mass is 381 g/mol. The molecule has 0 saturated carbocycles. The number of methoxy groups -OCH3 is 1. The number of para-hydroxylation sites is 1. The normalized spacial score (nSPS) is 16.0. The van der Waals surface area contributed by atoms with Crippen LogP contribution in [0.4, 0.5) is 0 Å². The van der Waals surface area contributed by atoms with E-state index >= 15 is 0 Å². The second kappa shape index (κ2) is 7.18. The largest absolute Gasteiger partial charge is 0.383 e. The highest BCUT2D eigenvalue weighted by molar-refractivity contribution is 6.30. The molecule has 27 heavy (non-hydrogen) atoms. The Morgan fingerprint density at radius 1 is 1.11 bits per heavy atom. The molecule has 1 unspecified atom stereocenters. The summed E-state index contributed by atoms with van der Waals surface area (Å²) in [6.45, 7) is 2.93. The smallest absolute Gasteiger partial charge is 0.273 e. The molecule has 0 bridgehead atoms. The van der Waals surface area contributed by atoms with Crippen LogP contribution >= 0.6 is 11.6 Å². The van der Waals surface area contributed by atoms with Crippen molar-refractivity contribution in [1.82, 2.24) is 14.7 Å². The SMILES string of the molecule is COCCN1C(=O)c2c(c(C)nn2-c2ccccc2)C1c1ccc(Cl)cc1. The molecule has 0 N–H and O–H groups in total. The first-order valence-electron chi connectivity index (χ1n) is 8.82. The van der Waals surface area contributed by atoms with Crippen LogP contribution in [0.1, 0.15) is 33.4 Å². The quantitative estimate of drug-likeness (QED) is 0.670. The molecular formula is C21H20ClN3O2. The molecule has 1 atom stereocenters. The van der Waals surface area contributed by atoms with E-state index in [1.807, 2.05) is 66.4 Å². The standard InChI is InChI=1S/C21H20ClN3O2/c1-14-18-19(15-8-10-16(22)11-9-15)24(12-13-27-2)21(26)20(18)25(23-14)17-6-4-3-5-7-17/h3-11,19H,12-13H2,1-2H3. The third-order valence-electron chi connectivity index (χ3n) is 4.88. The molecule has 2 aromatic carbocycles. The average molecular weight is 382 g/mol. The van der Waals surface area contributed by atoms with Gasteiger partial charge in [-0.1, -0.05) is 41.9 Å². The lowest BCUT2D eigenvalue weighted by Crippen LogP contribution is -2.33. The number of aromatic nitrogens is 2. The summed E-state index contributed by atoms with van der Waals surface area (Å²) < 4.78 is 6.99. The molecule has 1 aliphatic rings. The van der Waals surface area contributed by atoms with Gasteiger partial charge in [0.2, 0.25) is 0 Å². The lowest BCUT2D eigenvalue weighted by molar-refractivity contribution is 0.0674. The molecule has 138 valence electrons. The van der Waals surface area contributed by atoms with Crippen LogP contribution in [0.25, 0.3) is 5.69 Å². The molecule has 5 nitrogen and oxygen atoms in total. The minimum absolute atomic E-state index is 0.0357. The van der Waals surface area contributed by atoms with Crippen LogP contribution in [0.2, 0.25) is 5.02 Å². The van der Waals surface area contributed by atoms with Gasteiger partial charge in [-0.2, -0.15) is 5.10 Å². The Hall–Kier alpha value is -2.63. The number of carbonyl (C=O) groups is 1. The van der Waals surface area contributed by atoms with Gasteiger partial charge in [-0.3, -0.25) is 4.79 Å². The van der Waals surface area contributed by atoms with Gasteiger partial charge < -0.3 is 9.64 Å². The van der Waals surface area contributed by atoms with E-state index in [4.69, 9.17) is 16.3 Å². The molecule has 1 amide bonds. The molecule has 3 aromatic rings. The predicted octanol–water partition coefficient (Wildman–Crippen LogP) is 4.03. The summed E-state index contributed by atoms with van der Waals surface area (Å²) >= 11 is 6.07. The molecule has 2 heterocycles. The fraction of sp³-hybridized carbons (Fsp3) is 0.238. The van der Waals surface area contributed by atoms with E-state index in [2.05, 4.69) is 5.10 Å². The minimum Gasteiger partial charge on any atom is -0.383 e. The van der Waals surface area contributed by atoms with E-state index in [1.54, 1.807) is 11.8 Å². The first kappa shape index (κ1) is 17.8. The van der Waals surface area contributed by atoms with Crippen molar-refractivity contribution in [3.05, 3.63) is 82.1 Å². The van der Waals surface area contributed by atoms with Crippen molar-refractivity contribution in [2.24, 2.45) is 0 Å². The summed E-state index contributed by atoms with van der Waals surface area (Å²) in [5.41, 5.74) is 4.30. The second-order valence-corrected chi connectivity index (χ2v) is 6.98. The third-order valence-corrected chi connectivity index (χ3v) is 5.13. The number of aryl methyl sites for hydroxylation is 1. The molecule has 1 aliphatic heterocycles. The van der Waals surface area contributed by atoms with Crippen LogP contribution in [0.15, 0.2) is 54.6 Å². The third kappa shape index (κ3) is 3.03. The van der Waals surface area contributed by atoms with Gasteiger partial charge in [-0.25, -0.2) is 4.68 Å². The van der Waals surface area contributed by atoms with Gasteiger partial charge in [0.05, 0.1) is 24.0 Å². The summed E-state index contributed by atoms with van der Waals surface area (Å²) in [4.78, 5) is 15.2. The highest BCUT2D eigenvalue weighted by atomic mass is 35.5. The Morgan fingerprint density at radius 2 is 1.81 bits per heavy atom. The lowest BCUT2D eigenvalue weighted by Gasteiger charge is -2.26. The van der Waals surface area contributed by atoms with Crippen molar-refractivity contribution in [1.29, 1.82) is 0 Å². The molecular weight excluding hydrogens is 362 g/mol. The zero-order valence-corrected chi connectivity index (χ0v) is 16.0. The van der Waals surface area contributed by atoms with Gasteiger partial charge in [0, 0.05) is 24.2 Å². The maximum atomic E-state index is 13.3. The van der Waals surface area contributed by atoms with Gasteiger partial charge >= 0.3 is 0 Å². The number of hydrogen-bond donors (Lipinski definition) is 0. The van der Waals surface area contributed by atoms with Crippen LogP contribution in [0.3, 0.4) is 0 Å². The highest BCUT2D eigenvalue weighted by Gasteiger charge is 2.42. The molecule has 0 saturated heterocycles. The molecule has 0 radical (unpaired) electrons. The highest BCUT2D eigenvalue weighted by Crippen LogP contribution is 2.41. The van der Waals surface area contributed by atoms with Crippen molar-refractivity contribution < 1.29 is 9.53 Å². The van der Waals surface area contributed by atoms with Gasteiger partial charge in [-0.05, 0) is 36.8 Å². The van der Waals surface area contributed by atoms with Crippen LogP contribution in [-0.2, 0) is 4.74 Å². The molecule has 1 aromatic heterocycles. The molecule has 0 aliphatic carbocycles. The Kier molecular flexibility index (Phi) is 4.72. The van der Waals surface area contributed by atoms with E-state index in [0.29, 0.717) is 23.9 Å². The summed E-state index contributed by atoms with van der Waals surface area (Å²) in [5, 5.41) is 5.34. The summed E-state index contributed by atoms with van der Waals surface area (Å²) in [5.74, 6) is -0.0357. The van der Waals surface area contributed by atoms with Gasteiger partial charge in [0.15, 0.2) is 0 Å². The number of ether oxygens (including phenoxy) is 1. The number of rotatable bonds is 5. The number of halogens is 1. The van der Waals surface area contributed by atoms with Gasteiger partial charge in [-0.15, -0.1) is 0 Å². The van der Waals surface area contributed by atoms with Crippen molar-refractivity contribution >= 4 is 17.5 Å².